The first-order chi connectivity index (χ1) is 11.8. The Morgan fingerprint density at radius 3 is 3.00 bits per heavy atom. The number of hydrogen-bond acceptors (Lipinski definition) is 6. The minimum Gasteiger partial charge on any atom is -0.464 e. The number of methoxy groups -OCH3 is 1. The summed E-state index contributed by atoms with van der Waals surface area (Å²) in [5.41, 5.74) is 0. The molecule has 3 rings (SSSR count). The Morgan fingerprint density at radius 1 is 1.29 bits per heavy atom. The maximum Gasteiger partial charge on any atom is 0.240 e. The van der Waals surface area contributed by atoms with Crippen molar-refractivity contribution in [2.75, 3.05) is 20.3 Å². The molecule has 0 aromatic carbocycles. The Kier molecular flexibility index (Phi) is 6.04. The molecule has 132 valence electrons. The van der Waals surface area contributed by atoms with Crippen molar-refractivity contribution in [1.29, 1.82) is 0 Å². The van der Waals surface area contributed by atoms with Crippen molar-refractivity contribution in [2.45, 2.75) is 58.0 Å². The van der Waals surface area contributed by atoms with E-state index in [0.29, 0.717) is 37.3 Å². The number of furan rings is 1. The summed E-state index contributed by atoms with van der Waals surface area (Å²) in [4.78, 5) is 6.91. The summed E-state index contributed by atoms with van der Waals surface area (Å²) in [5.74, 6) is 3.50. The van der Waals surface area contributed by atoms with Crippen molar-refractivity contribution in [1.82, 2.24) is 15.0 Å². The Labute approximate surface area is 143 Å². The van der Waals surface area contributed by atoms with E-state index in [0.717, 1.165) is 30.9 Å². The van der Waals surface area contributed by atoms with Crippen molar-refractivity contribution in [2.24, 2.45) is 0 Å². The zero-order valence-electron chi connectivity index (χ0n) is 14.7. The van der Waals surface area contributed by atoms with Gasteiger partial charge in [0.2, 0.25) is 5.89 Å². The number of likely N-dealkylation sites (tertiary alicyclic amines) is 1. The van der Waals surface area contributed by atoms with Crippen LogP contribution in [0.15, 0.2) is 21.1 Å². The number of rotatable bonds is 7. The van der Waals surface area contributed by atoms with Crippen LogP contribution in [0.4, 0.5) is 0 Å². The van der Waals surface area contributed by atoms with Crippen molar-refractivity contribution >= 4 is 0 Å². The molecule has 1 atom stereocenters. The smallest absolute Gasteiger partial charge is 0.240 e. The predicted molar refractivity (Wildman–Crippen MR) is 89.6 cm³/mol. The van der Waals surface area contributed by atoms with Gasteiger partial charge >= 0.3 is 0 Å². The molecule has 0 radical (unpaired) electrons. The van der Waals surface area contributed by atoms with Crippen LogP contribution in [0.3, 0.4) is 0 Å². The van der Waals surface area contributed by atoms with E-state index < -0.39 is 0 Å². The predicted octanol–water partition coefficient (Wildman–Crippen LogP) is 3.53. The summed E-state index contributed by atoms with van der Waals surface area (Å²) in [6, 6.07) is 4.51. The van der Waals surface area contributed by atoms with E-state index in [1.807, 2.05) is 0 Å². The molecular weight excluding hydrogens is 306 g/mol. The zero-order chi connectivity index (χ0) is 16.8. The molecule has 2 aromatic heterocycles. The molecule has 1 fully saturated rings. The summed E-state index contributed by atoms with van der Waals surface area (Å²) >= 11 is 0. The first kappa shape index (κ1) is 17.2. The number of hydrogen-bond donors (Lipinski definition) is 0. The summed E-state index contributed by atoms with van der Waals surface area (Å²) in [7, 11) is 1.68. The Morgan fingerprint density at radius 2 is 2.21 bits per heavy atom. The Hall–Kier alpha value is -1.66. The van der Waals surface area contributed by atoms with Crippen LogP contribution in [0.5, 0.6) is 0 Å². The molecule has 0 unspecified atom stereocenters. The van der Waals surface area contributed by atoms with Crippen LogP contribution in [-0.4, -0.2) is 35.3 Å². The third-order valence-electron chi connectivity index (χ3n) is 4.60. The molecule has 6 nitrogen and oxygen atoms in total. The summed E-state index contributed by atoms with van der Waals surface area (Å²) in [6.07, 6.45) is 6.41. The van der Waals surface area contributed by atoms with E-state index in [4.69, 9.17) is 13.7 Å². The van der Waals surface area contributed by atoms with Gasteiger partial charge in [-0.2, -0.15) is 4.98 Å². The van der Waals surface area contributed by atoms with Crippen LogP contribution in [0, 0.1) is 0 Å². The molecule has 2 aromatic rings. The fourth-order valence-electron chi connectivity index (χ4n) is 3.27. The normalized spacial score (nSPS) is 19.5. The lowest BCUT2D eigenvalue weighted by molar-refractivity contribution is 0.148. The molecular formula is C18H27N3O3. The van der Waals surface area contributed by atoms with Gasteiger partial charge in [0, 0.05) is 20.0 Å². The maximum absolute atomic E-state index is 6.03. The first-order valence-electron chi connectivity index (χ1n) is 8.93. The fraction of sp³-hybridized carbons (Fsp3) is 0.667. The molecule has 0 aliphatic carbocycles. The van der Waals surface area contributed by atoms with Gasteiger partial charge in [0.25, 0.3) is 0 Å². The first-order valence-corrected chi connectivity index (χ1v) is 8.93. The second kappa shape index (κ2) is 8.44. The van der Waals surface area contributed by atoms with Crippen molar-refractivity contribution < 1.29 is 13.7 Å². The van der Waals surface area contributed by atoms with Gasteiger partial charge in [-0.25, -0.2) is 0 Å². The van der Waals surface area contributed by atoms with E-state index >= 15 is 0 Å². The Balaban J connectivity index is 1.71. The van der Waals surface area contributed by atoms with Gasteiger partial charge in [-0.1, -0.05) is 24.9 Å². The average molecular weight is 333 g/mol. The highest BCUT2D eigenvalue weighted by Gasteiger charge is 2.26. The molecule has 24 heavy (non-hydrogen) atoms. The highest BCUT2D eigenvalue weighted by atomic mass is 16.5. The van der Waals surface area contributed by atoms with Gasteiger partial charge < -0.3 is 13.7 Å². The minimum absolute atomic E-state index is 0.294. The fourth-order valence-corrected chi connectivity index (χ4v) is 3.27. The van der Waals surface area contributed by atoms with Gasteiger partial charge in [-0.3, -0.25) is 4.90 Å². The minimum atomic E-state index is 0.294. The van der Waals surface area contributed by atoms with Gasteiger partial charge in [-0.15, -0.1) is 0 Å². The van der Waals surface area contributed by atoms with E-state index in [-0.39, 0.29) is 0 Å². The van der Waals surface area contributed by atoms with Crippen molar-refractivity contribution in [3.63, 3.8) is 0 Å². The number of nitrogens with zero attached hydrogens (tertiary/aromatic N) is 3. The van der Waals surface area contributed by atoms with E-state index in [1.54, 1.807) is 7.11 Å². The highest BCUT2D eigenvalue weighted by molar-refractivity contribution is 5.11. The molecule has 0 amide bonds. The van der Waals surface area contributed by atoms with Gasteiger partial charge in [0.05, 0.1) is 19.2 Å². The molecule has 1 aliphatic rings. The number of ether oxygens (including phenoxy) is 1. The Bertz CT molecular complexity index is 623. The van der Waals surface area contributed by atoms with E-state index in [1.165, 1.54) is 19.3 Å². The SMILES string of the molecule is CCc1ccc([C@@H]2CCCCCN2Cc2nc(CCOC)no2)o1. The lowest BCUT2D eigenvalue weighted by Gasteiger charge is -2.26. The molecule has 0 spiro atoms. The third kappa shape index (κ3) is 4.24. The summed E-state index contributed by atoms with van der Waals surface area (Å²) in [5, 5.41) is 4.04. The van der Waals surface area contributed by atoms with Crippen LogP contribution in [-0.2, 0) is 24.1 Å². The topological polar surface area (TPSA) is 64.5 Å². The monoisotopic (exact) mass is 333 g/mol. The summed E-state index contributed by atoms with van der Waals surface area (Å²) in [6.45, 7) is 4.43. The molecule has 3 heterocycles. The van der Waals surface area contributed by atoms with Crippen molar-refractivity contribution in [3.05, 3.63) is 35.4 Å². The molecule has 0 saturated carbocycles. The lowest BCUT2D eigenvalue weighted by Crippen LogP contribution is -2.28. The zero-order valence-corrected chi connectivity index (χ0v) is 14.7. The molecule has 6 heteroatoms. The van der Waals surface area contributed by atoms with E-state index in [9.17, 15) is 0 Å². The van der Waals surface area contributed by atoms with Crippen LogP contribution in [0.25, 0.3) is 0 Å². The molecule has 1 aliphatic heterocycles. The standard InChI is InChI=1S/C18H27N3O3/c1-3-14-8-9-16(23-14)15-7-5-4-6-11-21(15)13-18-19-17(20-24-18)10-12-22-2/h8-9,15H,3-7,10-13H2,1-2H3/t15-/m0/s1. The van der Waals surface area contributed by atoms with Crippen LogP contribution >= 0.6 is 0 Å². The number of aryl methyl sites for hydroxylation is 1. The second-order valence-electron chi connectivity index (χ2n) is 6.34. The summed E-state index contributed by atoms with van der Waals surface area (Å²) < 4.78 is 16.5. The largest absolute Gasteiger partial charge is 0.464 e. The van der Waals surface area contributed by atoms with Gasteiger partial charge in [0.1, 0.15) is 11.5 Å². The third-order valence-corrected chi connectivity index (χ3v) is 4.60. The van der Waals surface area contributed by atoms with Crippen LogP contribution in [0.1, 0.15) is 61.9 Å². The maximum atomic E-state index is 6.03. The quantitative estimate of drug-likeness (QED) is 0.772. The van der Waals surface area contributed by atoms with Crippen LogP contribution in [0.2, 0.25) is 0 Å². The van der Waals surface area contributed by atoms with E-state index in [2.05, 4.69) is 34.1 Å². The molecule has 0 bridgehead atoms. The highest BCUT2D eigenvalue weighted by Crippen LogP contribution is 2.32. The number of aromatic nitrogens is 2. The molecule has 1 saturated heterocycles. The van der Waals surface area contributed by atoms with Crippen LogP contribution < -0.4 is 0 Å². The van der Waals surface area contributed by atoms with Gasteiger partial charge in [0.15, 0.2) is 5.82 Å². The van der Waals surface area contributed by atoms with Crippen molar-refractivity contribution in [3.8, 4) is 0 Å². The lowest BCUT2D eigenvalue weighted by atomic mass is 10.1. The molecule has 0 N–H and O–H groups in total. The second-order valence-corrected chi connectivity index (χ2v) is 6.34. The van der Waals surface area contributed by atoms with Gasteiger partial charge in [-0.05, 0) is 31.5 Å². The average Bonchev–Trinajstić information content (AvgIpc) is 3.19.